The summed E-state index contributed by atoms with van der Waals surface area (Å²) in [4.78, 5) is 9.16. The molecule has 0 aliphatic heterocycles. The minimum Gasteiger partial charge on any atom is -0.389 e. The summed E-state index contributed by atoms with van der Waals surface area (Å²) in [5.41, 5.74) is 7.41. The van der Waals surface area contributed by atoms with Gasteiger partial charge in [-0.3, -0.25) is 0 Å². The van der Waals surface area contributed by atoms with E-state index in [1.54, 1.807) is 17.5 Å². The van der Waals surface area contributed by atoms with Crippen LogP contribution in [0.2, 0.25) is 0 Å². The number of nitrogens with two attached hydrogens (primary N) is 1. The van der Waals surface area contributed by atoms with E-state index in [9.17, 15) is 0 Å². The summed E-state index contributed by atoms with van der Waals surface area (Å²) in [6, 6.07) is 3.68. The van der Waals surface area contributed by atoms with Gasteiger partial charge in [0.15, 0.2) is 5.13 Å². The van der Waals surface area contributed by atoms with Crippen LogP contribution in [0.3, 0.4) is 0 Å². The van der Waals surface area contributed by atoms with E-state index in [1.807, 2.05) is 12.1 Å². The molecular weight excluding hydrogens is 276 g/mol. The van der Waals surface area contributed by atoms with Gasteiger partial charge in [0, 0.05) is 22.6 Å². The number of aromatic nitrogens is 2. The van der Waals surface area contributed by atoms with Crippen molar-refractivity contribution in [3.05, 3.63) is 35.0 Å². The molecule has 0 spiro atoms. The van der Waals surface area contributed by atoms with Gasteiger partial charge in [-0.05, 0) is 12.1 Å². The molecule has 0 amide bonds. The zero-order valence-corrected chi connectivity index (χ0v) is 12.7. The lowest BCUT2D eigenvalue weighted by molar-refractivity contribution is 0.573. The van der Waals surface area contributed by atoms with Crippen LogP contribution in [0.4, 0.5) is 10.9 Å². The third-order valence-electron chi connectivity index (χ3n) is 2.56. The molecule has 0 radical (unpaired) electrons. The highest BCUT2D eigenvalue weighted by Crippen LogP contribution is 2.27. The molecule has 2 aromatic heterocycles. The van der Waals surface area contributed by atoms with Gasteiger partial charge in [-0.25, -0.2) is 9.97 Å². The normalized spacial score (nSPS) is 11.3. The Labute approximate surface area is 122 Å². The lowest BCUT2D eigenvalue weighted by Gasteiger charge is -2.14. The van der Waals surface area contributed by atoms with Crippen molar-refractivity contribution in [3.8, 4) is 0 Å². The van der Waals surface area contributed by atoms with E-state index < -0.39 is 0 Å². The second kappa shape index (κ2) is 5.22. The fourth-order valence-electron chi connectivity index (χ4n) is 1.40. The Kier molecular flexibility index (Phi) is 3.82. The molecule has 0 saturated heterocycles. The Balaban J connectivity index is 2.13. The molecule has 2 rings (SSSR count). The number of hydrogen-bond donors (Lipinski definition) is 2. The lowest BCUT2D eigenvalue weighted by Crippen LogP contribution is -2.11. The van der Waals surface area contributed by atoms with Gasteiger partial charge in [-0.15, -0.1) is 11.3 Å². The highest BCUT2D eigenvalue weighted by molar-refractivity contribution is 7.80. The van der Waals surface area contributed by atoms with Crippen LogP contribution >= 0.6 is 23.6 Å². The molecule has 0 fully saturated rings. The van der Waals surface area contributed by atoms with Crippen molar-refractivity contribution in [3.63, 3.8) is 0 Å². The van der Waals surface area contributed by atoms with E-state index in [1.165, 1.54) is 0 Å². The summed E-state index contributed by atoms with van der Waals surface area (Å²) in [6.45, 7) is 6.42. The third kappa shape index (κ3) is 3.48. The van der Waals surface area contributed by atoms with Crippen molar-refractivity contribution in [1.82, 2.24) is 9.97 Å². The van der Waals surface area contributed by atoms with Crippen LogP contribution < -0.4 is 11.1 Å². The van der Waals surface area contributed by atoms with Crippen LogP contribution in [-0.4, -0.2) is 15.0 Å². The number of thiocarbonyl (C=S) groups is 1. The molecule has 6 heteroatoms. The molecule has 3 N–H and O–H groups in total. The quantitative estimate of drug-likeness (QED) is 0.850. The van der Waals surface area contributed by atoms with Crippen LogP contribution in [-0.2, 0) is 5.41 Å². The molecule has 0 atom stereocenters. The first kappa shape index (κ1) is 13.9. The summed E-state index contributed by atoms with van der Waals surface area (Å²) in [6.07, 6.45) is 1.66. The number of anilines is 2. The molecule has 0 aromatic carbocycles. The second-order valence-electron chi connectivity index (χ2n) is 5.21. The number of pyridine rings is 1. The van der Waals surface area contributed by atoms with E-state index in [-0.39, 0.29) is 5.41 Å². The van der Waals surface area contributed by atoms with Crippen LogP contribution in [0.15, 0.2) is 23.7 Å². The molecule has 2 aromatic rings. The highest BCUT2D eigenvalue weighted by Gasteiger charge is 2.17. The summed E-state index contributed by atoms with van der Waals surface area (Å²) in [5.74, 6) is 0.731. The highest BCUT2D eigenvalue weighted by atomic mass is 32.1. The van der Waals surface area contributed by atoms with Crippen LogP contribution in [0.1, 0.15) is 32.0 Å². The fourth-order valence-corrected chi connectivity index (χ4v) is 2.46. The Morgan fingerprint density at radius 3 is 2.58 bits per heavy atom. The Bertz CT molecular complexity index is 581. The number of thiazole rings is 1. The van der Waals surface area contributed by atoms with Gasteiger partial charge in [0.05, 0.1) is 5.69 Å². The van der Waals surface area contributed by atoms with Crippen molar-refractivity contribution >= 4 is 39.5 Å². The zero-order chi connectivity index (χ0) is 14.0. The van der Waals surface area contributed by atoms with Gasteiger partial charge >= 0.3 is 0 Å². The van der Waals surface area contributed by atoms with Gasteiger partial charge in [0.25, 0.3) is 0 Å². The molecule has 0 saturated carbocycles. The van der Waals surface area contributed by atoms with E-state index in [2.05, 4.69) is 41.4 Å². The first-order chi connectivity index (χ1) is 8.86. The molecule has 19 heavy (non-hydrogen) atoms. The molecular formula is C13H16N4S2. The number of hydrogen-bond acceptors (Lipinski definition) is 5. The minimum absolute atomic E-state index is 0.0550. The molecule has 0 bridgehead atoms. The fraction of sp³-hybridized carbons (Fsp3) is 0.308. The average Bonchev–Trinajstić information content (AvgIpc) is 2.78. The molecule has 4 nitrogen and oxygen atoms in total. The van der Waals surface area contributed by atoms with Crippen molar-refractivity contribution in [2.24, 2.45) is 5.73 Å². The summed E-state index contributed by atoms with van der Waals surface area (Å²) < 4.78 is 0. The van der Waals surface area contributed by atoms with Crippen LogP contribution in [0.5, 0.6) is 0 Å². The lowest BCUT2D eigenvalue weighted by atomic mass is 9.93. The standard InChI is InChI=1S/C13H16N4S2/c1-13(2,3)9-7-19-12(16-9)17-10-5-4-8(6-15-10)11(14)18/h4-7H,1-3H3,(H2,14,18)(H,15,16,17). The maximum absolute atomic E-state index is 5.53. The summed E-state index contributed by atoms with van der Waals surface area (Å²) >= 11 is 6.46. The largest absolute Gasteiger partial charge is 0.389 e. The van der Waals surface area contributed by atoms with E-state index >= 15 is 0 Å². The number of nitrogens with zero attached hydrogens (tertiary/aromatic N) is 2. The SMILES string of the molecule is CC(C)(C)c1csc(Nc2ccc(C(N)=S)cn2)n1. The molecule has 100 valence electrons. The third-order valence-corrected chi connectivity index (χ3v) is 3.55. The zero-order valence-electron chi connectivity index (χ0n) is 11.1. The Morgan fingerprint density at radius 2 is 2.11 bits per heavy atom. The van der Waals surface area contributed by atoms with Crippen LogP contribution in [0.25, 0.3) is 0 Å². The van der Waals surface area contributed by atoms with E-state index in [0.717, 1.165) is 22.2 Å². The molecule has 2 heterocycles. The monoisotopic (exact) mass is 292 g/mol. The summed E-state index contributed by atoms with van der Waals surface area (Å²) in [5, 5.41) is 6.07. The predicted octanol–water partition coefficient (Wildman–Crippen LogP) is 3.21. The predicted molar refractivity (Wildman–Crippen MR) is 84.2 cm³/mol. The van der Waals surface area contributed by atoms with Crippen molar-refractivity contribution in [2.75, 3.05) is 5.32 Å². The van der Waals surface area contributed by atoms with Gasteiger partial charge < -0.3 is 11.1 Å². The van der Waals surface area contributed by atoms with Crippen molar-refractivity contribution in [1.29, 1.82) is 0 Å². The number of nitrogens with one attached hydrogen (secondary N) is 1. The second-order valence-corrected chi connectivity index (χ2v) is 6.51. The van der Waals surface area contributed by atoms with Crippen molar-refractivity contribution in [2.45, 2.75) is 26.2 Å². The van der Waals surface area contributed by atoms with E-state index in [4.69, 9.17) is 18.0 Å². The van der Waals surface area contributed by atoms with Crippen molar-refractivity contribution < 1.29 is 0 Å². The molecule has 0 unspecified atom stereocenters. The maximum Gasteiger partial charge on any atom is 0.188 e. The Hall–Kier alpha value is -1.53. The molecule has 0 aliphatic rings. The smallest absolute Gasteiger partial charge is 0.188 e. The summed E-state index contributed by atoms with van der Waals surface area (Å²) in [7, 11) is 0. The first-order valence-electron chi connectivity index (χ1n) is 5.85. The number of rotatable bonds is 3. The Morgan fingerprint density at radius 1 is 1.37 bits per heavy atom. The topological polar surface area (TPSA) is 63.8 Å². The maximum atomic E-state index is 5.53. The minimum atomic E-state index is 0.0550. The average molecular weight is 292 g/mol. The van der Waals surface area contributed by atoms with E-state index in [0.29, 0.717) is 4.99 Å². The van der Waals surface area contributed by atoms with Gasteiger partial charge in [0.2, 0.25) is 0 Å². The van der Waals surface area contributed by atoms with Crippen LogP contribution in [0, 0.1) is 0 Å². The first-order valence-corrected chi connectivity index (χ1v) is 7.14. The van der Waals surface area contributed by atoms with Gasteiger partial charge in [-0.2, -0.15) is 0 Å². The molecule has 0 aliphatic carbocycles. The van der Waals surface area contributed by atoms with Gasteiger partial charge in [-0.1, -0.05) is 33.0 Å². The van der Waals surface area contributed by atoms with Gasteiger partial charge in [0.1, 0.15) is 10.8 Å².